The van der Waals surface area contributed by atoms with Gasteiger partial charge in [-0.05, 0) is 36.4 Å². The van der Waals surface area contributed by atoms with Crippen LogP contribution < -0.4 is 10.2 Å². The van der Waals surface area contributed by atoms with Gasteiger partial charge in [-0.3, -0.25) is 14.4 Å². The van der Waals surface area contributed by atoms with E-state index in [2.05, 4.69) is 11.9 Å². The Balaban J connectivity index is 1.93. The smallest absolute Gasteiger partial charge is 0.252 e. The van der Waals surface area contributed by atoms with Crippen molar-refractivity contribution < 1.29 is 22.8 Å². The molecule has 8 nitrogen and oxygen atoms in total. The molecule has 2 aromatic carbocycles. The number of carbonyl (C=O) groups excluding carboxylic acids is 3. The zero-order valence-corrected chi connectivity index (χ0v) is 17.1. The number of rotatable bonds is 7. The van der Waals surface area contributed by atoms with E-state index in [1.807, 2.05) is 0 Å². The molecule has 0 bridgehead atoms. The summed E-state index contributed by atoms with van der Waals surface area (Å²) in [6.07, 6.45) is 1.11. The zero-order chi connectivity index (χ0) is 21.9. The van der Waals surface area contributed by atoms with Crippen LogP contribution in [-0.2, 0) is 24.4 Å². The van der Waals surface area contributed by atoms with Gasteiger partial charge in [0, 0.05) is 19.2 Å². The second-order valence-electron chi connectivity index (χ2n) is 6.69. The molecular weight excluding hydrogens is 406 g/mol. The molecule has 30 heavy (non-hydrogen) atoms. The number of para-hydroxylation sites is 1. The minimum Gasteiger partial charge on any atom is -0.326 e. The van der Waals surface area contributed by atoms with Crippen molar-refractivity contribution in [1.82, 2.24) is 4.31 Å². The fourth-order valence-corrected chi connectivity index (χ4v) is 4.81. The normalized spacial score (nSPS) is 16.7. The molecular formula is C21H21N3O5S. The topological polar surface area (TPSA) is 104 Å². The standard InChI is InChI=1S/C21H21N3O5S/c1-3-13-23(30(28,29)18-11-9-16(10-12-18)22-15(2)25)19-14-20(26)24(21(19)27)17-7-5-4-6-8-17/h3-12,19H,1,13-14H2,2H3,(H,22,25). The molecule has 1 aliphatic rings. The monoisotopic (exact) mass is 427 g/mol. The largest absolute Gasteiger partial charge is 0.326 e. The Hall–Kier alpha value is -3.30. The van der Waals surface area contributed by atoms with Crippen LogP contribution in [0.1, 0.15) is 13.3 Å². The number of sulfonamides is 1. The van der Waals surface area contributed by atoms with Crippen LogP contribution in [0.15, 0.2) is 72.1 Å². The van der Waals surface area contributed by atoms with Gasteiger partial charge in [0.1, 0.15) is 6.04 Å². The van der Waals surface area contributed by atoms with Crippen LogP contribution in [0.2, 0.25) is 0 Å². The molecule has 1 fully saturated rings. The molecule has 0 spiro atoms. The SMILES string of the molecule is C=CCN(C1CC(=O)N(c2ccccc2)C1=O)S(=O)(=O)c1ccc(NC(C)=O)cc1. The minimum absolute atomic E-state index is 0.0585. The van der Waals surface area contributed by atoms with Crippen molar-refractivity contribution >= 4 is 39.1 Å². The first-order valence-corrected chi connectivity index (χ1v) is 10.6. The van der Waals surface area contributed by atoms with Crippen molar-refractivity contribution in [1.29, 1.82) is 0 Å². The summed E-state index contributed by atoms with van der Waals surface area (Å²) in [7, 11) is -4.10. The number of amides is 3. The van der Waals surface area contributed by atoms with Gasteiger partial charge in [0.25, 0.3) is 5.91 Å². The number of nitrogens with one attached hydrogen (secondary N) is 1. The Kier molecular flexibility index (Phi) is 6.14. The second-order valence-corrected chi connectivity index (χ2v) is 8.58. The van der Waals surface area contributed by atoms with Crippen molar-refractivity contribution in [3.63, 3.8) is 0 Å². The molecule has 1 N–H and O–H groups in total. The third-order valence-electron chi connectivity index (χ3n) is 4.58. The fourth-order valence-electron chi connectivity index (χ4n) is 3.26. The van der Waals surface area contributed by atoms with Gasteiger partial charge in [-0.25, -0.2) is 13.3 Å². The molecule has 0 aromatic heterocycles. The first-order valence-electron chi connectivity index (χ1n) is 9.18. The third kappa shape index (κ3) is 4.17. The average molecular weight is 427 g/mol. The van der Waals surface area contributed by atoms with E-state index in [4.69, 9.17) is 0 Å². The molecule has 1 heterocycles. The molecule has 3 rings (SSSR count). The van der Waals surface area contributed by atoms with Gasteiger partial charge in [-0.1, -0.05) is 24.3 Å². The maximum Gasteiger partial charge on any atom is 0.252 e. The highest BCUT2D eigenvalue weighted by Gasteiger charge is 2.46. The van der Waals surface area contributed by atoms with E-state index in [-0.39, 0.29) is 23.8 Å². The number of anilines is 2. The fraction of sp³-hybridized carbons (Fsp3) is 0.190. The summed E-state index contributed by atoms with van der Waals surface area (Å²) in [6.45, 7) is 4.79. The predicted molar refractivity (Wildman–Crippen MR) is 112 cm³/mol. The van der Waals surface area contributed by atoms with Gasteiger partial charge in [0.15, 0.2) is 0 Å². The Morgan fingerprint density at radius 2 is 1.80 bits per heavy atom. The Labute approximate surface area is 174 Å². The van der Waals surface area contributed by atoms with Gasteiger partial charge in [0.05, 0.1) is 17.0 Å². The summed E-state index contributed by atoms with van der Waals surface area (Å²) in [5.74, 6) is -1.36. The highest BCUT2D eigenvalue weighted by Crippen LogP contribution is 2.29. The molecule has 1 saturated heterocycles. The van der Waals surface area contributed by atoms with Crippen LogP contribution in [0.3, 0.4) is 0 Å². The molecule has 0 radical (unpaired) electrons. The van der Waals surface area contributed by atoms with Gasteiger partial charge in [-0.2, -0.15) is 4.31 Å². The van der Waals surface area contributed by atoms with Gasteiger partial charge in [0.2, 0.25) is 21.8 Å². The lowest BCUT2D eigenvalue weighted by molar-refractivity contribution is -0.122. The maximum atomic E-state index is 13.2. The summed E-state index contributed by atoms with van der Waals surface area (Å²) in [4.78, 5) is 37.6. The molecule has 3 amide bonds. The summed E-state index contributed by atoms with van der Waals surface area (Å²) in [5, 5.41) is 2.56. The quantitative estimate of drug-likeness (QED) is 0.539. The highest BCUT2D eigenvalue weighted by atomic mass is 32.2. The van der Waals surface area contributed by atoms with Crippen molar-refractivity contribution in [2.24, 2.45) is 0 Å². The van der Waals surface area contributed by atoms with E-state index in [0.717, 1.165) is 9.21 Å². The Morgan fingerprint density at radius 3 is 2.37 bits per heavy atom. The molecule has 9 heteroatoms. The minimum atomic E-state index is -4.10. The number of hydrogen-bond donors (Lipinski definition) is 1. The molecule has 0 aliphatic carbocycles. The zero-order valence-electron chi connectivity index (χ0n) is 16.3. The summed E-state index contributed by atoms with van der Waals surface area (Å²) >= 11 is 0. The average Bonchev–Trinajstić information content (AvgIpc) is 3.00. The van der Waals surface area contributed by atoms with E-state index >= 15 is 0 Å². The second kappa shape index (κ2) is 8.60. The third-order valence-corrected chi connectivity index (χ3v) is 6.46. The molecule has 1 unspecified atom stereocenters. The lowest BCUT2D eigenvalue weighted by Crippen LogP contribution is -2.45. The number of hydrogen-bond acceptors (Lipinski definition) is 5. The van der Waals surface area contributed by atoms with Crippen molar-refractivity contribution in [3.8, 4) is 0 Å². The Bertz CT molecular complexity index is 1080. The number of nitrogens with zero attached hydrogens (tertiary/aromatic N) is 2. The van der Waals surface area contributed by atoms with E-state index in [0.29, 0.717) is 11.4 Å². The molecule has 156 valence electrons. The van der Waals surface area contributed by atoms with E-state index in [1.54, 1.807) is 30.3 Å². The Morgan fingerprint density at radius 1 is 1.17 bits per heavy atom. The summed E-state index contributed by atoms with van der Waals surface area (Å²) in [6, 6.07) is 12.8. The molecule has 0 saturated carbocycles. The first-order chi connectivity index (χ1) is 14.3. The highest BCUT2D eigenvalue weighted by molar-refractivity contribution is 7.89. The number of carbonyl (C=O) groups is 3. The van der Waals surface area contributed by atoms with Crippen LogP contribution in [0.5, 0.6) is 0 Å². The number of imide groups is 1. The van der Waals surface area contributed by atoms with Gasteiger partial charge < -0.3 is 5.32 Å². The van der Waals surface area contributed by atoms with Crippen LogP contribution in [-0.4, -0.2) is 43.0 Å². The molecule has 1 atom stereocenters. The van der Waals surface area contributed by atoms with Crippen molar-refractivity contribution in [2.75, 3.05) is 16.8 Å². The van der Waals surface area contributed by atoms with Crippen LogP contribution in [0.25, 0.3) is 0 Å². The van der Waals surface area contributed by atoms with E-state index in [1.165, 1.54) is 37.3 Å². The molecule has 1 aliphatic heterocycles. The van der Waals surface area contributed by atoms with Crippen LogP contribution >= 0.6 is 0 Å². The lowest BCUT2D eigenvalue weighted by Gasteiger charge is -2.25. The van der Waals surface area contributed by atoms with E-state index < -0.39 is 27.9 Å². The maximum absolute atomic E-state index is 13.2. The molecule has 2 aromatic rings. The lowest BCUT2D eigenvalue weighted by atomic mass is 10.2. The van der Waals surface area contributed by atoms with Gasteiger partial charge in [-0.15, -0.1) is 6.58 Å². The summed E-state index contributed by atoms with van der Waals surface area (Å²) in [5.41, 5.74) is 0.838. The van der Waals surface area contributed by atoms with Crippen LogP contribution in [0.4, 0.5) is 11.4 Å². The van der Waals surface area contributed by atoms with Crippen LogP contribution in [0, 0.1) is 0 Å². The van der Waals surface area contributed by atoms with Gasteiger partial charge >= 0.3 is 0 Å². The first kappa shape index (κ1) is 21.4. The van der Waals surface area contributed by atoms with E-state index in [9.17, 15) is 22.8 Å². The number of benzene rings is 2. The predicted octanol–water partition coefficient (Wildman–Crippen LogP) is 2.15. The van der Waals surface area contributed by atoms with Crippen molar-refractivity contribution in [2.45, 2.75) is 24.3 Å². The van der Waals surface area contributed by atoms with Crippen molar-refractivity contribution in [3.05, 3.63) is 67.3 Å². The summed E-state index contributed by atoms with van der Waals surface area (Å²) < 4.78 is 27.5.